The summed E-state index contributed by atoms with van der Waals surface area (Å²) in [5.41, 5.74) is 2.74. The highest BCUT2D eigenvalue weighted by Gasteiger charge is 2.32. The van der Waals surface area contributed by atoms with Crippen molar-refractivity contribution in [1.82, 2.24) is 15.3 Å². The van der Waals surface area contributed by atoms with Crippen molar-refractivity contribution in [2.24, 2.45) is 0 Å². The second kappa shape index (κ2) is 6.03. The number of aryl methyl sites for hydroxylation is 1. The fourth-order valence-corrected chi connectivity index (χ4v) is 2.39. The molecule has 0 bridgehead atoms. The maximum Gasteiger partial charge on any atom is 0.416 e. The van der Waals surface area contributed by atoms with Crippen LogP contribution in [0, 0.1) is 6.92 Å². The SMILES string of the molecule is CNN1CCN(C(=O)c2cc(C)cc(C(F)(F)F)c2)CC1. The van der Waals surface area contributed by atoms with Crippen molar-refractivity contribution in [3.8, 4) is 0 Å². The topological polar surface area (TPSA) is 35.6 Å². The van der Waals surface area contributed by atoms with E-state index in [0.29, 0.717) is 31.7 Å². The molecule has 1 saturated heterocycles. The van der Waals surface area contributed by atoms with E-state index in [4.69, 9.17) is 0 Å². The summed E-state index contributed by atoms with van der Waals surface area (Å²) in [6.45, 7) is 3.86. The number of alkyl halides is 3. The summed E-state index contributed by atoms with van der Waals surface area (Å²) in [5.74, 6) is -0.347. The third kappa shape index (κ3) is 3.74. The Kier molecular flexibility index (Phi) is 4.53. The van der Waals surface area contributed by atoms with Crippen LogP contribution >= 0.6 is 0 Å². The number of hydrogen-bond acceptors (Lipinski definition) is 3. The second-order valence-corrected chi connectivity index (χ2v) is 5.09. The van der Waals surface area contributed by atoms with E-state index in [1.165, 1.54) is 6.07 Å². The Morgan fingerprint density at radius 1 is 1.14 bits per heavy atom. The van der Waals surface area contributed by atoms with Crippen LogP contribution in [0.25, 0.3) is 0 Å². The molecule has 21 heavy (non-hydrogen) atoms. The Morgan fingerprint density at radius 3 is 2.29 bits per heavy atom. The molecule has 7 heteroatoms. The standard InChI is InChI=1S/C14H18F3N3O/c1-10-7-11(9-12(8-10)14(15,16)17)13(21)19-3-5-20(18-2)6-4-19/h7-9,18H,3-6H2,1-2H3. The number of nitrogens with one attached hydrogen (secondary N) is 1. The number of nitrogens with zero attached hydrogens (tertiary/aromatic N) is 2. The smallest absolute Gasteiger partial charge is 0.336 e. The molecule has 1 heterocycles. The molecule has 0 radical (unpaired) electrons. The van der Waals surface area contributed by atoms with Crippen LogP contribution in [0.5, 0.6) is 0 Å². The maximum absolute atomic E-state index is 12.8. The Balaban J connectivity index is 2.18. The van der Waals surface area contributed by atoms with Gasteiger partial charge in [0.05, 0.1) is 5.56 Å². The Hall–Kier alpha value is -1.60. The van der Waals surface area contributed by atoms with Gasteiger partial charge in [0.25, 0.3) is 5.91 Å². The lowest BCUT2D eigenvalue weighted by atomic mass is 10.0. The summed E-state index contributed by atoms with van der Waals surface area (Å²) >= 11 is 0. The average molecular weight is 301 g/mol. The molecular formula is C14H18F3N3O. The molecular weight excluding hydrogens is 283 g/mol. The van der Waals surface area contributed by atoms with E-state index in [-0.39, 0.29) is 11.5 Å². The largest absolute Gasteiger partial charge is 0.416 e. The Labute approximate surface area is 121 Å². The summed E-state index contributed by atoms with van der Waals surface area (Å²) in [5, 5.41) is 1.96. The zero-order valence-electron chi connectivity index (χ0n) is 12.0. The predicted octanol–water partition coefficient (Wildman–Crippen LogP) is 1.91. The van der Waals surface area contributed by atoms with Crippen LogP contribution < -0.4 is 5.43 Å². The van der Waals surface area contributed by atoms with E-state index in [1.807, 2.05) is 5.01 Å². The Morgan fingerprint density at radius 2 is 1.76 bits per heavy atom. The van der Waals surface area contributed by atoms with Crippen molar-refractivity contribution in [2.75, 3.05) is 33.2 Å². The van der Waals surface area contributed by atoms with Gasteiger partial charge in [-0.05, 0) is 37.7 Å². The zero-order chi connectivity index (χ0) is 15.6. The van der Waals surface area contributed by atoms with E-state index in [1.54, 1.807) is 18.9 Å². The van der Waals surface area contributed by atoms with Crippen LogP contribution in [0.3, 0.4) is 0 Å². The van der Waals surface area contributed by atoms with Crippen molar-refractivity contribution in [3.05, 3.63) is 34.9 Å². The van der Waals surface area contributed by atoms with Crippen LogP contribution in [0.15, 0.2) is 18.2 Å². The highest BCUT2D eigenvalue weighted by atomic mass is 19.4. The number of carbonyl (C=O) groups is 1. The van der Waals surface area contributed by atoms with Crippen molar-refractivity contribution < 1.29 is 18.0 Å². The number of hydrogen-bond donors (Lipinski definition) is 1. The highest BCUT2D eigenvalue weighted by molar-refractivity contribution is 5.94. The molecule has 4 nitrogen and oxygen atoms in total. The molecule has 0 atom stereocenters. The van der Waals surface area contributed by atoms with E-state index >= 15 is 0 Å². The van der Waals surface area contributed by atoms with Gasteiger partial charge in [-0.1, -0.05) is 0 Å². The number of carbonyl (C=O) groups excluding carboxylic acids is 1. The molecule has 1 amide bonds. The molecule has 2 rings (SSSR count). The minimum atomic E-state index is -4.44. The van der Waals surface area contributed by atoms with Gasteiger partial charge >= 0.3 is 6.18 Å². The maximum atomic E-state index is 12.8. The summed E-state index contributed by atoms with van der Waals surface area (Å²) in [6, 6.07) is 3.48. The van der Waals surface area contributed by atoms with Gasteiger partial charge in [-0.25, -0.2) is 5.01 Å². The molecule has 0 aromatic heterocycles. The highest BCUT2D eigenvalue weighted by Crippen LogP contribution is 2.30. The van der Waals surface area contributed by atoms with Crippen LogP contribution in [-0.2, 0) is 6.18 Å². The first-order valence-corrected chi connectivity index (χ1v) is 6.72. The second-order valence-electron chi connectivity index (χ2n) is 5.09. The minimum Gasteiger partial charge on any atom is -0.336 e. The van der Waals surface area contributed by atoms with Crippen LogP contribution in [-0.4, -0.2) is 49.0 Å². The number of amides is 1. The summed E-state index contributed by atoms with van der Waals surface area (Å²) in [4.78, 5) is 13.9. The molecule has 1 aliphatic heterocycles. The number of rotatable bonds is 2. The first-order chi connectivity index (χ1) is 9.81. The summed E-state index contributed by atoms with van der Waals surface area (Å²) in [6.07, 6.45) is -4.44. The third-order valence-electron chi connectivity index (χ3n) is 3.53. The quantitative estimate of drug-likeness (QED) is 0.906. The van der Waals surface area contributed by atoms with E-state index in [9.17, 15) is 18.0 Å². The number of piperazine rings is 1. The number of halogens is 3. The fourth-order valence-electron chi connectivity index (χ4n) is 2.39. The predicted molar refractivity (Wildman–Crippen MR) is 72.7 cm³/mol. The summed E-state index contributed by atoms with van der Waals surface area (Å²) in [7, 11) is 1.80. The van der Waals surface area contributed by atoms with Crippen LogP contribution in [0.1, 0.15) is 21.5 Å². The van der Waals surface area contributed by atoms with Crippen molar-refractivity contribution in [1.29, 1.82) is 0 Å². The molecule has 0 saturated carbocycles. The van der Waals surface area contributed by atoms with Crippen LogP contribution in [0.2, 0.25) is 0 Å². The van der Waals surface area contributed by atoms with Gasteiger partial charge in [0.1, 0.15) is 0 Å². The van der Waals surface area contributed by atoms with Crippen molar-refractivity contribution >= 4 is 5.91 Å². The molecule has 1 N–H and O–H groups in total. The van der Waals surface area contributed by atoms with Gasteiger partial charge in [-0.2, -0.15) is 13.2 Å². The number of benzene rings is 1. The average Bonchev–Trinajstić information content (AvgIpc) is 2.45. The van der Waals surface area contributed by atoms with Crippen LogP contribution in [0.4, 0.5) is 13.2 Å². The summed E-state index contributed by atoms with van der Waals surface area (Å²) < 4.78 is 38.4. The molecule has 0 aliphatic carbocycles. The molecule has 1 aliphatic rings. The van der Waals surface area contributed by atoms with Gasteiger partial charge in [-0.15, -0.1) is 0 Å². The molecule has 1 fully saturated rings. The molecule has 116 valence electrons. The molecule has 1 aromatic rings. The van der Waals surface area contributed by atoms with Gasteiger partial charge in [-0.3, -0.25) is 10.2 Å². The lowest BCUT2D eigenvalue weighted by Gasteiger charge is -2.34. The van der Waals surface area contributed by atoms with Crippen molar-refractivity contribution in [2.45, 2.75) is 13.1 Å². The monoisotopic (exact) mass is 301 g/mol. The van der Waals surface area contributed by atoms with Gasteiger partial charge in [0, 0.05) is 31.7 Å². The molecule has 0 unspecified atom stereocenters. The first kappa shape index (κ1) is 15.8. The van der Waals surface area contributed by atoms with Gasteiger partial charge < -0.3 is 4.90 Å². The number of hydrazine groups is 1. The zero-order valence-corrected chi connectivity index (χ0v) is 12.0. The Bertz CT molecular complexity index is 523. The van der Waals surface area contributed by atoms with E-state index < -0.39 is 11.7 Å². The molecule has 1 aromatic carbocycles. The lowest BCUT2D eigenvalue weighted by molar-refractivity contribution is -0.137. The normalized spacial score (nSPS) is 17.1. The van der Waals surface area contributed by atoms with Gasteiger partial charge in [0.15, 0.2) is 0 Å². The molecule has 0 spiro atoms. The van der Waals surface area contributed by atoms with Gasteiger partial charge in [0.2, 0.25) is 0 Å². The lowest BCUT2D eigenvalue weighted by Crippen LogP contribution is -2.52. The minimum absolute atomic E-state index is 0.0974. The van der Waals surface area contributed by atoms with E-state index in [0.717, 1.165) is 12.1 Å². The van der Waals surface area contributed by atoms with Crippen molar-refractivity contribution in [3.63, 3.8) is 0 Å². The fraction of sp³-hybridized carbons (Fsp3) is 0.500. The first-order valence-electron chi connectivity index (χ1n) is 6.72. The van der Waals surface area contributed by atoms with E-state index in [2.05, 4.69) is 5.43 Å². The third-order valence-corrected chi connectivity index (χ3v) is 3.53.